The number of H-pyrrole nitrogens is 1. The Labute approximate surface area is 127 Å². The molecule has 3 aromatic rings. The minimum Gasteiger partial charge on any atom is -0.407 e. The number of nitrogens with zero attached hydrogens (tertiary/aromatic N) is 4. The molecular weight excluding hydrogens is 285 g/mol. The van der Waals surface area contributed by atoms with Gasteiger partial charge in [0.15, 0.2) is 0 Å². The first-order chi connectivity index (χ1) is 10.3. The van der Waals surface area contributed by atoms with Crippen molar-refractivity contribution in [3.05, 3.63) is 35.7 Å². The third-order valence-electron chi connectivity index (χ3n) is 3.26. The Morgan fingerprint density at radius 1 is 1.27 bits per heavy atom. The molecule has 6 nitrogen and oxygen atoms in total. The highest BCUT2D eigenvalue weighted by Crippen LogP contribution is 2.24. The zero-order chi connectivity index (χ0) is 15.9. The summed E-state index contributed by atoms with van der Waals surface area (Å²) in [6, 6.07) is 4.90. The molecule has 3 rings (SSSR count). The summed E-state index contributed by atoms with van der Waals surface area (Å²) in [5.74, 6) is 1.00. The van der Waals surface area contributed by atoms with E-state index in [0.717, 1.165) is 5.52 Å². The molecule has 0 atom stereocenters. The number of rotatable bonds is 3. The van der Waals surface area contributed by atoms with Crippen molar-refractivity contribution in [1.82, 2.24) is 20.2 Å². The maximum atomic E-state index is 13.2. The second-order valence-corrected chi connectivity index (χ2v) is 6.34. The van der Waals surface area contributed by atoms with E-state index >= 15 is 0 Å². The Balaban J connectivity index is 1.80. The minimum atomic E-state index is -0.289. The Morgan fingerprint density at radius 2 is 2.05 bits per heavy atom. The number of hydrogen-bond donors (Lipinski definition) is 1. The molecule has 1 N–H and O–H groups in total. The number of benzene rings is 1. The molecule has 116 valence electrons. The van der Waals surface area contributed by atoms with Gasteiger partial charge in [-0.05, 0) is 18.2 Å². The van der Waals surface area contributed by atoms with Gasteiger partial charge in [-0.3, -0.25) is 0 Å². The summed E-state index contributed by atoms with van der Waals surface area (Å²) in [4.78, 5) is 9.31. The maximum Gasteiger partial charge on any atom is 0.318 e. The largest absolute Gasteiger partial charge is 0.407 e. The van der Waals surface area contributed by atoms with E-state index in [1.54, 1.807) is 11.0 Å². The fourth-order valence-corrected chi connectivity index (χ4v) is 2.07. The molecule has 2 aromatic heterocycles. The summed E-state index contributed by atoms with van der Waals surface area (Å²) < 4.78 is 18.9. The van der Waals surface area contributed by atoms with Crippen LogP contribution < -0.4 is 4.90 Å². The van der Waals surface area contributed by atoms with Gasteiger partial charge in [-0.25, -0.2) is 9.37 Å². The number of anilines is 1. The van der Waals surface area contributed by atoms with Gasteiger partial charge in [0.1, 0.15) is 11.6 Å². The van der Waals surface area contributed by atoms with Gasteiger partial charge < -0.3 is 14.3 Å². The highest BCUT2D eigenvalue weighted by atomic mass is 19.1. The molecule has 0 saturated heterocycles. The third-order valence-corrected chi connectivity index (χ3v) is 3.26. The molecule has 0 bridgehead atoms. The van der Waals surface area contributed by atoms with Crippen molar-refractivity contribution < 1.29 is 8.81 Å². The van der Waals surface area contributed by atoms with Crippen molar-refractivity contribution in [2.45, 2.75) is 32.7 Å². The summed E-state index contributed by atoms with van der Waals surface area (Å²) in [5, 5.41) is 8.12. The third kappa shape index (κ3) is 2.79. The maximum absolute atomic E-state index is 13.2. The second kappa shape index (κ2) is 5.08. The van der Waals surface area contributed by atoms with Crippen molar-refractivity contribution >= 4 is 17.0 Å². The van der Waals surface area contributed by atoms with E-state index in [0.29, 0.717) is 29.8 Å². The topological polar surface area (TPSA) is 70.8 Å². The van der Waals surface area contributed by atoms with Gasteiger partial charge in [-0.2, -0.15) is 0 Å². The Bertz CT molecular complexity index is 802. The monoisotopic (exact) mass is 303 g/mol. The van der Waals surface area contributed by atoms with Gasteiger partial charge in [0.2, 0.25) is 5.89 Å². The van der Waals surface area contributed by atoms with Crippen LogP contribution in [0, 0.1) is 5.82 Å². The Kier molecular flexibility index (Phi) is 3.35. The first-order valence-corrected chi connectivity index (χ1v) is 7.02. The highest BCUT2D eigenvalue weighted by Gasteiger charge is 2.23. The number of nitrogens with one attached hydrogen (secondary N) is 1. The predicted octanol–water partition coefficient (Wildman–Crippen LogP) is 3.02. The van der Waals surface area contributed by atoms with Crippen LogP contribution in [0.2, 0.25) is 0 Å². The molecule has 0 radical (unpaired) electrons. The van der Waals surface area contributed by atoms with Crippen LogP contribution in [-0.2, 0) is 12.0 Å². The SMILES string of the molecule is CN(Cc1nc2ccc(F)cc2[nH]1)c1nnc(C(C)(C)C)o1. The smallest absolute Gasteiger partial charge is 0.318 e. The fraction of sp³-hybridized carbons (Fsp3) is 0.400. The molecule has 0 aliphatic rings. The molecule has 0 aliphatic heterocycles. The number of imidazole rings is 1. The molecular formula is C15H18FN5O. The van der Waals surface area contributed by atoms with Crippen LogP contribution in [0.25, 0.3) is 11.0 Å². The molecule has 0 unspecified atom stereocenters. The lowest BCUT2D eigenvalue weighted by molar-refractivity contribution is 0.392. The number of aromatic amines is 1. The van der Waals surface area contributed by atoms with Gasteiger partial charge in [-0.1, -0.05) is 25.9 Å². The van der Waals surface area contributed by atoms with Crippen molar-refractivity contribution in [2.75, 3.05) is 11.9 Å². The van der Waals surface area contributed by atoms with Crippen molar-refractivity contribution in [2.24, 2.45) is 0 Å². The normalized spacial score (nSPS) is 12.0. The van der Waals surface area contributed by atoms with Crippen LogP contribution in [0.3, 0.4) is 0 Å². The highest BCUT2D eigenvalue weighted by molar-refractivity contribution is 5.74. The first kappa shape index (κ1) is 14.5. The Morgan fingerprint density at radius 3 is 2.73 bits per heavy atom. The van der Waals surface area contributed by atoms with Crippen LogP contribution in [0.4, 0.5) is 10.4 Å². The van der Waals surface area contributed by atoms with Gasteiger partial charge in [0.05, 0.1) is 17.6 Å². The van der Waals surface area contributed by atoms with Gasteiger partial charge in [0, 0.05) is 12.5 Å². The van der Waals surface area contributed by atoms with E-state index in [9.17, 15) is 4.39 Å². The van der Waals surface area contributed by atoms with Crippen LogP contribution in [0.1, 0.15) is 32.5 Å². The second-order valence-electron chi connectivity index (χ2n) is 6.34. The molecule has 0 aliphatic carbocycles. The van der Waals surface area contributed by atoms with Crippen LogP contribution in [0.15, 0.2) is 22.6 Å². The zero-order valence-corrected chi connectivity index (χ0v) is 13.0. The van der Waals surface area contributed by atoms with E-state index in [4.69, 9.17) is 4.42 Å². The van der Waals surface area contributed by atoms with Crippen LogP contribution in [-0.4, -0.2) is 27.2 Å². The molecule has 1 aromatic carbocycles. The van der Waals surface area contributed by atoms with Gasteiger partial charge >= 0.3 is 6.01 Å². The number of hydrogen-bond acceptors (Lipinski definition) is 5. The summed E-state index contributed by atoms with van der Waals surface area (Å²) in [6.07, 6.45) is 0. The van der Waals surface area contributed by atoms with Crippen molar-refractivity contribution in [3.8, 4) is 0 Å². The quantitative estimate of drug-likeness (QED) is 0.805. The molecule has 7 heteroatoms. The molecule has 0 saturated carbocycles. The lowest BCUT2D eigenvalue weighted by Crippen LogP contribution is -2.17. The van der Waals surface area contributed by atoms with Gasteiger partial charge in [0.25, 0.3) is 0 Å². The molecule has 22 heavy (non-hydrogen) atoms. The lowest BCUT2D eigenvalue weighted by atomic mass is 9.97. The summed E-state index contributed by atoms with van der Waals surface area (Å²) >= 11 is 0. The summed E-state index contributed by atoms with van der Waals surface area (Å²) in [7, 11) is 1.84. The van der Waals surface area contributed by atoms with Crippen molar-refractivity contribution in [1.29, 1.82) is 0 Å². The molecule has 0 amide bonds. The van der Waals surface area contributed by atoms with Crippen LogP contribution in [0.5, 0.6) is 0 Å². The van der Waals surface area contributed by atoms with E-state index in [2.05, 4.69) is 20.2 Å². The fourth-order valence-electron chi connectivity index (χ4n) is 2.07. The van der Waals surface area contributed by atoms with E-state index in [-0.39, 0.29) is 11.2 Å². The average molecular weight is 303 g/mol. The molecule has 2 heterocycles. The first-order valence-electron chi connectivity index (χ1n) is 7.02. The molecule has 0 spiro atoms. The van der Waals surface area contributed by atoms with Crippen molar-refractivity contribution in [3.63, 3.8) is 0 Å². The zero-order valence-electron chi connectivity index (χ0n) is 13.0. The number of halogens is 1. The standard InChI is InChI=1S/C15H18FN5O/c1-15(2,3)13-19-20-14(22-13)21(4)8-12-17-10-6-5-9(16)7-11(10)18-12/h5-7H,8H2,1-4H3,(H,17,18). The Hall–Kier alpha value is -2.44. The number of fused-ring (bicyclic) bond motifs is 1. The minimum absolute atomic E-state index is 0.191. The van der Waals surface area contributed by atoms with E-state index < -0.39 is 0 Å². The lowest BCUT2D eigenvalue weighted by Gasteiger charge is -2.13. The summed E-state index contributed by atoms with van der Waals surface area (Å²) in [5.41, 5.74) is 1.21. The van der Waals surface area contributed by atoms with E-state index in [1.165, 1.54) is 12.1 Å². The van der Waals surface area contributed by atoms with Gasteiger partial charge in [-0.15, -0.1) is 5.10 Å². The average Bonchev–Trinajstić information content (AvgIpc) is 3.03. The summed E-state index contributed by atoms with van der Waals surface area (Å²) in [6.45, 7) is 6.50. The van der Waals surface area contributed by atoms with E-state index in [1.807, 2.05) is 27.8 Å². The predicted molar refractivity (Wildman–Crippen MR) is 81.2 cm³/mol. The number of aromatic nitrogens is 4. The molecule has 0 fully saturated rings. The van der Waals surface area contributed by atoms with Crippen LogP contribution >= 0.6 is 0 Å².